The van der Waals surface area contributed by atoms with Crippen molar-refractivity contribution in [1.29, 1.82) is 0 Å². The van der Waals surface area contributed by atoms with Gasteiger partial charge in [0.05, 0.1) is 42.0 Å². The number of ether oxygens (including phenoxy) is 2. The summed E-state index contributed by atoms with van der Waals surface area (Å²) in [5, 5.41) is 2.73. The SMILES string of the molecule is C=CC1C[C@@]1(NC(=O)[C@@H]1C[C@@H](Oc2cc(-c3cccnc3)nc3c(C)c(OC)ccc23)CN1C(=O)C(CC(=O)N1CCC(C(F)(F)F)CC1)C(C)(C)C)C(=O)NS(=O)(=O)C1CC1. The number of sulfonamides is 1. The maximum atomic E-state index is 14.9. The van der Waals surface area contributed by atoms with Crippen LogP contribution in [0.25, 0.3) is 22.2 Å². The Hall–Kier alpha value is -5.26. The van der Waals surface area contributed by atoms with E-state index in [2.05, 4.69) is 21.6 Å². The Bertz CT molecular complexity index is 2360. The van der Waals surface area contributed by atoms with Crippen LogP contribution in [0.4, 0.5) is 13.2 Å². The molecule has 14 nitrogen and oxygen atoms in total. The number of alkyl halides is 3. The predicted molar refractivity (Wildman–Crippen MR) is 223 cm³/mol. The lowest BCUT2D eigenvalue weighted by Crippen LogP contribution is -2.57. The van der Waals surface area contributed by atoms with E-state index in [1.807, 2.05) is 13.0 Å². The van der Waals surface area contributed by atoms with Crippen LogP contribution in [-0.2, 0) is 29.2 Å². The van der Waals surface area contributed by atoms with Crippen molar-refractivity contribution in [3.05, 3.63) is 60.9 Å². The fourth-order valence-corrected chi connectivity index (χ4v) is 10.0. The van der Waals surface area contributed by atoms with Crippen LogP contribution in [0.15, 0.2) is 55.4 Å². The van der Waals surface area contributed by atoms with E-state index in [0.717, 1.165) is 5.56 Å². The van der Waals surface area contributed by atoms with Crippen molar-refractivity contribution in [1.82, 2.24) is 29.8 Å². The fraction of sp³-hybridized carbons (Fsp3) is 0.545. The van der Waals surface area contributed by atoms with Gasteiger partial charge in [-0.1, -0.05) is 26.8 Å². The Morgan fingerprint density at radius 3 is 2.35 bits per heavy atom. The van der Waals surface area contributed by atoms with Crippen molar-refractivity contribution in [2.45, 2.75) is 102 Å². The molecule has 2 unspecified atom stereocenters. The first-order chi connectivity index (χ1) is 29.2. The van der Waals surface area contributed by atoms with Gasteiger partial charge in [0.15, 0.2) is 0 Å². The van der Waals surface area contributed by atoms with Gasteiger partial charge in [0.2, 0.25) is 27.7 Å². The number of aromatic nitrogens is 2. The number of hydrogen-bond donors (Lipinski definition) is 2. The van der Waals surface area contributed by atoms with Crippen LogP contribution in [0.5, 0.6) is 11.5 Å². The molecule has 0 bridgehead atoms. The van der Waals surface area contributed by atoms with Crippen molar-refractivity contribution < 1.29 is 50.2 Å². The van der Waals surface area contributed by atoms with Crippen molar-refractivity contribution in [3.8, 4) is 22.8 Å². The molecule has 2 aliphatic heterocycles. The minimum Gasteiger partial charge on any atom is -0.496 e. The fourth-order valence-electron chi connectivity index (χ4n) is 8.66. The van der Waals surface area contributed by atoms with Crippen molar-refractivity contribution >= 4 is 44.6 Å². The number of halogens is 3. The normalized spacial score (nSPS) is 23.7. The first-order valence-corrected chi connectivity index (χ1v) is 22.4. The Labute approximate surface area is 359 Å². The highest BCUT2D eigenvalue weighted by Gasteiger charge is 2.62. The lowest BCUT2D eigenvalue weighted by molar-refractivity contribution is -0.186. The number of piperidine rings is 1. The average molecular weight is 883 g/mol. The molecule has 1 aromatic carbocycles. The summed E-state index contributed by atoms with van der Waals surface area (Å²) in [6.07, 6.45) is -0.332. The van der Waals surface area contributed by atoms with Gasteiger partial charge >= 0.3 is 6.18 Å². The third kappa shape index (κ3) is 9.11. The van der Waals surface area contributed by atoms with Gasteiger partial charge in [-0.05, 0) is 68.7 Å². The minimum atomic E-state index is -4.37. The van der Waals surface area contributed by atoms with Crippen LogP contribution in [-0.4, -0.2) is 108 Å². The number of amides is 4. The molecule has 334 valence electrons. The maximum absolute atomic E-state index is 14.9. The summed E-state index contributed by atoms with van der Waals surface area (Å²) in [5.41, 5.74) is 0.0970. The van der Waals surface area contributed by atoms with Crippen LogP contribution in [0.2, 0.25) is 0 Å². The smallest absolute Gasteiger partial charge is 0.391 e. The van der Waals surface area contributed by atoms with Gasteiger partial charge in [-0.2, -0.15) is 13.2 Å². The molecule has 7 rings (SSSR count). The van der Waals surface area contributed by atoms with E-state index in [-0.39, 0.29) is 51.7 Å². The highest BCUT2D eigenvalue weighted by molar-refractivity contribution is 7.91. The molecule has 4 amide bonds. The summed E-state index contributed by atoms with van der Waals surface area (Å²) in [5.74, 6) is -4.75. The molecule has 2 aliphatic carbocycles. The van der Waals surface area contributed by atoms with Gasteiger partial charge in [0, 0.05) is 66.8 Å². The van der Waals surface area contributed by atoms with Gasteiger partial charge in [0.1, 0.15) is 29.2 Å². The molecule has 2 saturated heterocycles. The number of pyridine rings is 2. The largest absolute Gasteiger partial charge is 0.496 e. The number of likely N-dealkylation sites (tertiary alicyclic amines) is 2. The van der Waals surface area contributed by atoms with E-state index >= 15 is 0 Å². The Morgan fingerprint density at radius 1 is 1.06 bits per heavy atom. The summed E-state index contributed by atoms with van der Waals surface area (Å²) in [6, 6.07) is 7.72. The summed E-state index contributed by atoms with van der Waals surface area (Å²) in [6.45, 7) is 10.7. The number of methoxy groups -OCH3 is 1. The molecule has 2 N–H and O–H groups in total. The second-order valence-corrected chi connectivity index (χ2v) is 20.0. The van der Waals surface area contributed by atoms with Crippen LogP contribution in [0, 0.1) is 30.1 Å². The molecule has 5 atom stereocenters. The van der Waals surface area contributed by atoms with E-state index in [1.54, 1.807) is 64.5 Å². The third-order valence-corrected chi connectivity index (χ3v) is 14.6. The highest BCUT2D eigenvalue weighted by atomic mass is 32.2. The topological polar surface area (TPSA) is 177 Å². The molecule has 0 spiro atoms. The Morgan fingerprint density at radius 2 is 1.77 bits per heavy atom. The quantitative estimate of drug-likeness (QED) is 0.209. The molecule has 3 aromatic rings. The van der Waals surface area contributed by atoms with Crippen LogP contribution < -0.4 is 19.5 Å². The maximum Gasteiger partial charge on any atom is 0.391 e. The standard InChI is InChI=1S/C44H53F3N6O8S/c1-7-27-22-43(27,41(57)51-62(58,59)30-10-11-30)50-39(55)34-19-29(61-36-21-33(26-9-8-16-48-23-26)49-38-25(2)35(60-6)13-12-31(36)38)24-53(34)40(56)32(42(3,4)5)20-37(54)52-17-14-28(15-18-52)44(45,46)47/h7-9,12-13,16,21,23,27-30,32,34H,1,10-11,14-15,17-20,22,24H2,2-6H3,(H,50,55)(H,51,57)/t27?,29-,32?,34+,43+/m1/s1. The third-order valence-electron chi connectivity index (χ3n) is 12.7. The van der Waals surface area contributed by atoms with Crippen LogP contribution in [0.3, 0.4) is 0 Å². The highest BCUT2D eigenvalue weighted by Crippen LogP contribution is 2.46. The molecule has 4 aliphatic rings. The number of rotatable bonds is 13. The molecule has 18 heteroatoms. The molecule has 2 aromatic heterocycles. The van der Waals surface area contributed by atoms with E-state index in [9.17, 15) is 40.8 Å². The van der Waals surface area contributed by atoms with Crippen molar-refractivity contribution in [2.75, 3.05) is 26.7 Å². The molecular formula is C44H53F3N6O8S. The van der Waals surface area contributed by atoms with E-state index < -0.39 is 85.9 Å². The van der Waals surface area contributed by atoms with Crippen molar-refractivity contribution in [2.24, 2.45) is 23.2 Å². The van der Waals surface area contributed by atoms with E-state index in [0.29, 0.717) is 46.5 Å². The zero-order chi connectivity index (χ0) is 44.9. The molecule has 2 saturated carbocycles. The second kappa shape index (κ2) is 16.8. The van der Waals surface area contributed by atoms with E-state index in [4.69, 9.17) is 14.5 Å². The number of carbonyl (C=O) groups is 4. The number of benzene rings is 1. The van der Waals surface area contributed by atoms with E-state index in [1.165, 1.54) is 15.9 Å². The Kier molecular flexibility index (Phi) is 12.1. The van der Waals surface area contributed by atoms with Crippen LogP contribution >= 0.6 is 0 Å². The van der Waals surface area contributed by atoms with Gasteiger partial charge in [-0.25, -0.2) is 13.4 Å². The second-order valence-electron chi connectivity index (χ2n) is 18.0. The lowest BCUT2D eigenvalue weighted by Gasteiger charge is -2.37. The Balaban J connectivity index is 1.21. The number of carbonyl (C=O) groups excluding carboxylic acids is 4. The van der Waals surface area contributed by atoms with Gasteiger partial charge in [-0.15, -0.1) is 6.58 Å². The summed E-state index contributed by atoms with van der Waals surface area (Å²) in [7, 11) is -2.42. The molecule has 0 radical (unpaired) electrons. The van der Waals surface area contributed by atoms with Gasteiger partial charge < -0.3 is 24.6 Å². The average Bonchev–Trinajstić information content (AvgIpc) is 4.16. The lowest BCUT2D eigenvalue weighted by atomic mass is 9.77. The van der Waals surface area contributed by atoms with Gasteiger partial charge in [-0.3, -0.25) is 28.9 Å². The summed E-state index contributed by atoms with van der Waals surface area (Å²) >= 11 is 0. The van der Waals surface area contributed by atoms with Crippen LogP contribution in [0.1, 0.15) is 71.3 Å². The number of fused-ring (bicyclic) bond motifs is 1. The molecule has 4 heterocycles. The predicted octanol–water partition coefficient (Wildman–Crippen LogP) is 5.48. The first kappa shape index (κ1) is 44.8. The minimum absolute atomic E-state index is 0.0503. The monoisotopic (exact) mass is 882 g/mol. The number of nitrogens with one attached hydrogen (secondary N) is 2. The zero-order valence-electron chi connectivity index (χ0n) is 35.5. The first-order valence-electron chi connectivity index (χ1n) is 20.9. The van der Waals surface area contributed by atoms with Crippen molar-refractivity contribution in [3.63, 3.8) is 0 Å². The summed E-state index contributed by atoms with van der Waals surface area (Å²) < 4.78 is 80.5. The molecular weight excluding hydrogens is 830 g/mol. The van der Waals surface area contributed by atoms with Gasteiger partial charge in [0.25, 0.3) is 5.91 Å². The summed E-state index contributed by atoms with van der Waals surface area (Å²) in [4.78, 5) is 68.8. The zero-order valence-corrected chi connectivity index (χ0v) is 36.3. The number of nitrogens with zero attached hydrogens (tertiary/aromatic N) is 4. The number of aryl methyl sites for hydroxylation is 1. The number of hydrogen-bond acceptors (Lipinski definition) is 10. The molecule has 62 heavy (non-hydrogen) atoms. The molecule has 4 fully saturated rings.